The van der Waals surface area contributed by atoms with E-state index < -0.39 is 46.0 Å². The van der Waals surface area contributed by atoms with E-state index in [2.05, 4.69) is 0 Å². The molecule has 0 bridgehead atoms. The fourth-order valence-corrected chi connectivity index (χ4v) is 1.41. The maximum absolute atomic E-state index is 12.7. The molecule has 0 radical (unpaired) electrons. The minimum atomic E-state index is -7.16. The fourth-order valence-electron chi connectivity index (χ4n) is 0.883. The zero-order valence-electron chi connectivity index (χ0n) is 10.7. The standard InChI is InChI=1S/C6H4F10O3S.Li.H/c7-1(2(8)9)4(11,12)6(15,16)5(13,14)3(10)20(17,18)19;;/h1-3H,(H,17,18,19);;/q;+1;-1. The number of halogens is 10. The first-order valence-electron chi connectivity index (χ1n) is 4.17. The molecule has 0 aliphatic rings. The van der Waals surface area contributed by atoms with E-state index in [1.54, 1.807) is 0 Å². The van der Waals surface area contributed by atoms with Gasteiger partial charge in [-0.3, -0.25) is 4.55 Å². The third-order valence-electron chi connectivity index (χ3n) is 1.95. The van der Waals surface area contributed by atoms with Crippen LogP contribution < -0.4 is 18.9 Å². The molecule has 0 aromatic carbocycles. The maximum Gasteiger partial charge on any atom is 1.00 e. The molecule has 0 aromatic heterocycles. The van der Waals surface area contributed by atoms with Crippen molar-refractivity contribution in [3.63, 3.8) is 0 Å². The molecule has 0 aromatic rings. The molecule has 0 amide bonds. The minimum Gasteiger partial charge on any atom is -1.00 e. The van der Waals surface area contributed by atoms with Crippen molar-refractivity contribution in [2.45, 2.75) is 35.9 Å². The Kier molecular flexibility index (Phi) is 7.15. The van der Waals surface area contributed by atoms with E-state index in [-0.39, 0.29) is 20.3 Å². The SMILES string of the molecule is O=S(=O)(O)C(F)C(F)(F)C(F)(F)C(F)(F)C(F)C(F)F.[H-].[Li+]. The van der Waals surface area contributed by atoms with Gasteiger partial charge in [0.1, 0.15) is 0 Å². The Hall–Kier alpha value is -0.193. The summed E-state index contributed by atoms with van der Waals surface area (Å²) in [5.74, 6) is -20.8. The summed E-state index contributed by atoms with van der Waals surface area (Å²) in [4.78, 5) is 0. The summed E-state index contributed by atoms with van der Waals surface area (Å²) in [5.41, 5.74) is -5.28. The van der Waals surface area contributed by atoms with Crippen LogP contribution in [0, 0.1) is 0 Å². The Labute approximate surface area is 124 Å². The van der Waals surface area contributed by atoms with Gasteiger partial charge in [0.05, 0.1) is 0 Å². The van der Waals surface area contributed by atoms with Crippen LogP contribution in [0.25, 0.3) is 0 Å². The van der Waals surface area contributed by atoms with Gasteiger partial charge in [0.25, 0.3) is 11.9 Å². The molecule has 0 saturated carbocycles. The molecule has 0 rings (SSSR count). The molecular formula is C6H5F10LiO3S. The number of alkyl halides is 10. The van der Waals surface area contributed by atoms with E-state index in [0.29, 0.717) is 0 Å². The number of hydrogen-bond donors (Lipinski definition) is 1. The molecule has 1 N–H and O–H groups in total. The largest absolute Gasteiger partial charge is 1.00 e. The molecule has 0 spiro atoms. The van der Waals surface area contributed by atoms with Gasteiger partial charge >= 0.3 is 46.7 Å². The summed E-state index contributed by atoms with van der Waals surface area (Å²) in [6.45, 7) is 0. The van der Waals surface area contributed by atoms with E-state index in [0.717, 1.165) is 0 Å². The molecule has 0 fully saturated rings. The van der Waals surface area contributed by atoms with Crippen molar-refractivity contribution in [2.75, 3.05) is 0 Å². The summed E-state index contributed by atoms with van der Waals surface area (Å²) in [6, 6.07) is 0. The van der Waals surface area contributed by atoms with Gasteiger partial charge in [0.15, 0.2) is 0 Å². The molecule has 0 aliphatic carbocycles. The van der Waals surface area contributed by atoms with Crippen LogP contribution in [0.1, 0.15) is 1.43 Å². The average molecular weight is 354 g/mol. The van der Waals surface area contributed by atoms with Gasteiger partial charge in [-0.25, -0.2) is 17.6 Å². The second-order valence-corrected chi connectivity index (χ2v) is 4.83. The molecule has 0 saturated heterocycles. The fraction of sp³-hybridized carbons (Fsp3) is 1.00. The monoisotopic (exact) mass is 354 g/mol. The first-order valence-corrected chi connectivity index (χ1v) is 5.67. The van der Waals surface area contributed by atoms with Crippen molar-refractivity contribution in [3.05, 3.63) is 0 Å². The normalized spacial score (nSPS) is 17.3. The molecule has 2 atom stereocenters. The molecular weight excluding hydrogens is 349 g/mol. The molecule has 124 valence electrons. The Balaban J connectivity index is -0.00000180. The quantitative estimate of drug-likeness (QED) is 0.408. The molecule has 0 heterocycles. The molecule has 3 nitrogen and oxygen atoms in total. The van der Waals surface area contributed by atoms with Gasteiger partial charge in [0.2, 0.25) is 6.17 Å². The molecule has 15 heteroatoms. The van der Waals surface area contributed by atoms with Gasteiger partial charge in [-0.1, -0.05) is 0 Å². The molecule has 21 heavy (non-hydrogen) atoms. The predicted octanol–water partition coefficient (Wildman–Crippen LogP) is -0.205. The van der Waals surface area contributed by atoms with E-state index in [9.17, 15) is 52.3 Å². The summed E-state index contributed by atoms with van der Waals surface area (Å²) in [6.07, 6.45) is -9.97. The van der Waals surface area contributed by atoms with Crippen molar-refractivity contribution < 1.29 is 77.2 Å². The van der Waals surface area contributed by atoms with Gasteiger partial charge in [-0.15, -0.1) is 0 Å². The van der Waals surface area contributed by atoms with Crippen LogP contribution in [0.15, 0.2) is 0 Å². The summed E-state index contributed by atoms with van der Waals surface area (Å²) < 4.78 is 151. The summed E-state index contributed by atoms with van der Waals surface area (Å²) in [7, 11) is -6.59. The zero-order chi connectivity index (χ0) is 16.7. The van der Waals surface area contributed by atoms with E-state index >= 15 is 0 Å². The predicted molar refractivity (Wildman–Crippen MR) is 43.3 cm³/mol. The van der Waals surface area contributed by atoms with Crippen LogP contribution in [-0.4, -0.2) is 48.8 Å². The first kappa shape index (κ1) is 23.1. The van der Waals surface area contributed by atoms with Crippen molar-refractivity contribution in [1.82, 2.24) is 0 Å². The Morgan fingerprint density at radius 1 is 0.857 bits per heavy atom. The Morgan fingerprint density at radius 2 is 1.19 bits per heavy atom. The summed E-state index contributed by atoms with van der Waals surface area (Å²) in [5, 5.41) is 0. The Morgan fingerprint density at radius 3 is 1.43 bits per heavy atom. The van der Waals surface area contributed by atoms with Crippen LogP contribution in [0.4, 0.5) is 43.9 Å². The molecule has 0 aliphatic heterocycles. The zero-order valence-corrected chi connectivity index (χ0v) is 10.5. The van der Waals surface area contributed by atoms with Gasteiger partial charge in [-0.2, -0.15) is 34.8 Å². The molecule has 2 unspecified atom stereocenters. The van der Waals surface area contributed by atoms with Crippen molar-refractivity contribution in [1.29, 1.82) is 0 Å². The van der Waals surface area contributed by atoms with Crippen LogP contribution >= 0.6 is 0 Å². The van der Waals surface area contributed by atoms with Crippen molar-refractivity contribution >= 4 is 10.1 Å². The third kappa shape index (κ3) is 3.96. The van der Waals surface area contributed by atoms with E-state index in [1.807, 2.05) is 0 Å². The van der Waals surface area contributed by atoms with E-state index in [1.165, 1.54) is 0 Å². The van der Waals surface area contributed by atoms with Crippen molar-refractivity contribution in [2.24, 2.45) is 0 Å². The van der Waals surface area contributed by atoms with Gasteiger partial charge < -0.3 is 1.43 Å². The second kappa shape index (κ2) is 6.51. The summed E-state index contributed by atoms with van der Waals surface area (Å²) >= 11 is 0. The van der Waals surface area contributed by atoms with Crippen LogP contribution in [0.2, 0.25) is 0 Å². The van der Waals surface area contributed by atoms with Crippen LogP contribution in [-0.2, 0) is 10.1 Å². The first-order chi connectivity index (χ1) is 8.51. The van der Waals surface area contributed by atoms with Crippen molar-refractivity contribution in [3.8, 4) is 0 Å². The maximum atomic E-state index is 12.7. The number of rotatable bonds is 6. The topological polar surface area (TPSA) is 54.4 Å². The van der Waals surface area contributed by atoms with Gasteiger partial charge in [-0.05, 0) is 0 Å². The van der Waals surface area contributed by atoms with Gasteiger partial charge in [0, 0.05) is 0 Å². The van der Waals surface area contributed by atoms with Crippen LogP contribution in [0.3, 0.4) is 0 Å². The van der Waals surface area contributed by atoms with E-state index in [4.69, 9.17) is 4.55 Å². The minimum absolute atomic E-state index is 0. The average Bonchev–Trinajstić information content (AvgIpc) is 2.24. The smallest absolute Gasteiger partial charge is 1.00 e. The number of hydrogen-bond acceptors (Lipinski definition) is 2. The van der Waals surface area contributed by atoms with Crippen LogP contribution in [0.5, 0.6) is 0 Å². The third-order valence-corrected chi connectivity index (χ3v) is 2.77. The Bertz CT molecular complexity index is 458. The second-order valence-electron chi connectivity index (χ2n) is 3.39.